The van der Waals surface area contributed by atoms with Gasteiger partial charge in [-0.3, -0.25) is 19.4 Å². The van der Waals surface area contributed by atoms with Gasteiger partial charge in [-0.25, -0.2) is 0 Å². The molecule has 2 aliphatic rings. The molecule has 0 aliphatic carbocycles. The first-order valence-corrected chi connectivity index (χ1v) is 11.2. The molecule has 2 aliphatic heterocycles. The highest BCUT2D eigenvalue weighted by Crippen LogP contribution is 2.32. The van der Waals surface area contributed by atoms with E-state index in [1.54, 1.807) is 6.08 Å². The Kier molecular flexibility index (Phi) is 7.98. The van der Waals surface area contributed by atoms with Gasteiger partial charge in [-0.05, 0) is 67.9 Å². The Balaban J connectivity index is 1.54. The molecular formula is C22H30N2O3S. The van der Waals surface area contributed by atoms with Crippen molar-refractivity contribution < 1.29 is 14.3 Å². The van der Waals surface area contributed by atoms with Crippen LogP contribution in [0.25, 0.3) is 6.08 Å². The van der Waals surface area contributed by atoms with E-state index in [-0.39, 0.29) is 11.1 Å². The van der Waals surface area contributed by atoms with Crippen LogP contribution in [0.1, 0.15) is 57.4 Å². The molecule has 1 aromatic carbocycles. The van der Waals surface area contributed by atoms with Gasteiger partial charge in [-0.2, -0.15) is 0 Å². The monoisotopic (exact) mass is 402 g/mol. The van der Waals surface area contributed by atoms with Gasteiger partial charge in [0.05, 0.1) is 18.2 Å². The number of ether oxygens (including phenoxy) is 1. The first kappa shape index (κ1) is 20.9. The second-order valence-electron chi connectivity index (χ2n) is 7.41. The quantitative estimate of drug-likeness (QED) is 0.424. The minimum absolute atomic E-state index is 0.172. The first-order valence-electron chi connectivity index (χ1n) is 10.4. The number of piperidine rings is 1. The normalized spacial score (nSPS) is 19.6. The van der Waals surface area contributed by atoms with Gasteiger partial charge < -0.3 is 4.74 Å². The fourth-order valence-corrected chi connectivity index (χ4v) is 4.28. The lowest BCUT2D eigenvalue weighted by Gasteiger charge is -2.29. The Morgan fingerprint density at radius 3 is 2.50 bits per heavy atom. The maximum atomic E-state index is 12.7. The number of rotatable bonds is 9. The summed E-state index contributed by atoms with van der Waals surface area (Å²) < 4.78 is 5.76. The average molecular weight is 403 g/mol. The molecule has 0 atom stereocenters. The molecule has 6 heteroatoms. The van der Waals surface area contributed by atoms with Crippen LogP contribution in [0.4, 0.5) is 4.79 Å². The molecule has 2 fully saturated rings. The van der Waals surface area contributed by atoms with Crippen molar-refractivity contribution in [3.8, 4) is 5.75 Å². The topological polar surface area (TPSA) is 49.9 Å². The standard InChI is InChI=1S/C22H30N2O3S/c1-2-3-4-8-15-27-19-11-9-18(10-12-19)16-20-21(25)24(22(26)28-20)17-23-13-6-5-7-14-23/h9-12,16H,2-8,13-15,17H2,1H3/b20-16+. The van der Waals surface area contributed by atoms with E-state index in [0.29, 0.717) is 11.6 Å². The molecule has 0 N–H and O–H groups in total. The van der Waals surface area contributed by atoms with Crippen molar-refractivity contribution in [2.45, 2.75) is 51.9 Å². The summed E-state index contributed by atoms with van der Waals surface area (Å²) in [5.74, 6) is 0.656. The average Bonchev–Trinajstić information content (AvgIpc) is 2.97. The number of amides is 2. The largest absolute Gasteiger partial charge is 0.494 e. The Morgan fingerprint density at radius 2 is 1.79 bits per heavy atom. The second-order valence-corrected chi connectivity index (χ2v) is 8.40. The van der Waals surface area contributed by atoms with Crippen LogP contribution in [-0.4, -0.2) is 47.3 Å². The predicted octanol–water partition coefficient (Wildman–Crippen LogP) is 5.13. The molecule has 0 saturated carbocycles. The van der Waals surface area contributed by atoms with E-state index < -0.39 is 0 Å². The van der Waals surface area contributed by atoms with Crippen molar-refractivity contribution >= 4 is 29.0 Å². The summed E-state index contributed by atoms with van der Waals surface area (Å²) in [5.41, 5.74) is 0.904. The van der Waals surface area contributed by atoms with Crippen molar-refractivity contribution in [2.75, 3.05) is 26.4 Å². The lowest BCUT2D eigenvalue weighted by atomic mass is 10.1. The van der Waals surface area contributed by atoms with Gasteiger partial charge >= 0.3 is 0 Å². The van der Waals surface area contributed by atoms with Gasteiger partial charge in [0.1, 0.15) is 5.75 Å². The molecular weight excluding hydrogens is 372 g/mol. The highest BCUT2D eigenvalue weighted by atomic mass is 32.2. The number of unbranched alkanes of at least 4 members (excludes halogenated alkanes) is 3. The summed E-state index contributed by atoms with van der Waals surface area (Å²) in [4.78, 5) is 29.0. The molecule has 0 radical (unpaired) electrons. The number of hydrogen-bond acceptors (Lipinski definition) is 5. The molecule has 2 heterocycles. The fraction of sp³-hybridized carbons (Fsp3) is 0.545. The molecule has 5 nitrogen and oxygen atoms in total. The van der Waals surface area contributed by atoms with Crippen LogP contribution < -0.4 is 4.74 Å². The van der Waals surface area contributed by atoms with Crippen LogP contribution >= 0.6 is 11.8 Å². The Bertz CT molecular complexity index is 696. The van der Waals surface area contributed by atoms with Crippen LogP contribution in [0, 0.1) is 0 Å². The molecule has 152 valence electrons. The van der Waals surface area contributed by atoms with Gasteiger partial charge in [0.2, 0.25) is 0 Å². The van der Waals surface area contributed by atoms with Crippen molar-refractivity contribution in [1.29, 1.82) is 0 Å². The number of carbonyl (C=O) groups is 2. The SMILES string of the molecule is CCCCCCOc1ccc(/C=C2/SC(=O)N(CN3CCCCC3)C2=O)cc1. The fourth-order valence-electron chi connectivity index (χ4n) is 3.45. The van der Waals surface area contributed by atoms with E-state index in [4.69, 9.17) is 4.74 Å². The number of thioether (sulfide) groups is 1. The van der Waals surface area contributed by atoms with Gasteiger partial charge in [-0.1, -0.05) is 44.7 Å². The molecule has 1 aromatic rings. The molecule has 0 unspecified atom stereocenters. The molecule has 2 amide bonds. The number of hydrogen-bond donors (Lipinski definition) is 0. The molecule has 3 rings (SSSR count). The third-order valence-corrected chi connectivity index (χ3v) is 6.02. The van der Waals surface area contributed by atoms with E-state index in [0.717, 1.165) is 62.0 Å². The zero-order valence-electron chi connectivity index (χ0n) is 16.7. The minimum atomic E-state index is -0.183. The van der Waals surface area contributed by atoms with E-state index in [9.17, 15) is 9.59 Å². The summed E-state index contributed by atoms with van der Waals surface area (Å²) in [6.07, 6.45) is 10.0. The Labute approximate surface area is 172 Å². The molecule has 0 bridgehead atoms. The van der Waals surface area contributed by atoms with Crippen LogP contribution in [0.3, 0.4) is 0 Å². The lowest BCUT2D eigenvalue weighted by molar-refractivity contribution is -0.124. The molecule has 0 spiro atoms. The highest BCUT2D eigenvalue weighted by Gasteiger charge is 2.36. The van der Waals surface area contributed by atoms with E-state index in [1.807, 2.05) is 24.3 Å². The predicted molar refractivity (Wildman–Crippen MR) is 114 cm³/mol. The Hall–Kier alpha value is -1.79. The van der Waals surface area contributed by atoms with Crippen molar-refractivity contribution in [1.82, 2.24) is 9.80 Å². The summed E-state index contributed by atoms with van der Waals surface area (Å²) in [7, 11) is 0. The van der Waals surface area contributed by atoms with E-state index in [1.165, 1.54) is 30.6 Å². The first-order chi connectivity index (χ1) is 13.7. The third kappa shape index (κ3) is 5.85. The lowest BCUT2D eigenvalue weighted by Crippen LogP contribution is -2.42. The number of benzene rings is 1. The minimum Gasteiger partial charge on any atom is -0.494 e. The Morgan fingerprint density at radius 1 is 1.04 bits per heavy atom. The van der Waals surface area contributed by atoms with Crippen LogP contribution in [0.2, 0.25) is 0 Å². The number of imide groups is 1. The number of nitrogens with zero attached hydrogens (tertiary/aromatic N) is 2. The van der Waals surface area contributed by atoms with Gasteiger partial charge in [0.25, 0.3) is 11.1 Å². The van der Waals surface area contributed by atoms with Crippen molar-refractivity contribution in [2.24, 2.45) is 0 Å². The maximum absolute atomic E-state index is 12.7. The van der Waals surface area contributed by atoms with Gasteiger partial charge in [0.15, 0.2) is 0 Å². The summed E-state index contributed by atoms with van der Waals surface area (Å²) in [6, 6.07) is 7.70. The summed E-state index contributed by atoms with van der Waals surface area (Å²) >= 11 is 1.03. The summed E-state index contributed by atoms with van der Waals surface area (Å²) in [5, 5.41) is -0.172. The smallest absolute Gasteiger partial charge is 0.294 e. The summed E-state index contributed by atoms with van der Waals surface area (Å²) in [6.45, 7) is 5.25. The highest BCUT2D eigenvalue weighted by molar-refractivity contribution is 8.18. The zero-order valence-corrected chi connectivity index (χ0v) is 17.5. The van der Waals surface area contributed by atoms with E-state index in [2.05, 4.69) is 11.8 Å². The van der Waals surface area contributed by atoms with Crippen LogP contribution in [0.15, 0.2) is 29.2 Å². The second kappa shape index (κ2) is 10.7. The zero-order chi connectivity index (χ0) is 19.8. The van der Waals surface area contributed by atoms with Crippen LogP contribution in [-0.2, 0) is 4.79 Å². The maximum Gasteiger partial charge on any atom is 0.294 e. The molecule has 28 heavy (non-hydrogen) atoms. The molecule has 2 saturated heterocycles. The van der Waals surface area contributed by atoms with Gasteiger partial charge in [0, 0.05) is 0 Å². The van der Waals surface area contributed by atoms with E-state index >= 15 is 0 Å². The third-order valence-electron chi connectivity index (χ3n) is 5.11. The number of likely N-dealkylation sites (tertiary alicyclic amines) is 1. The number of carbonyl (C=O) groups excluding carboxylic acids is 2. The van der Waals surface area contributed by atoms with Gasteiger partial charge in [-0.15, -0.1) is 0 Å². The van der Waals surface area contributed by atoms with Crippen molar-refractivity contribution in [3.63, 3.8) is 0 Å². The molecule has 0 aromatic heterocycles. The van der Waals surface area contributed by atoms with Crippen LogP contribution in [0.5, 0.6) is 5.75 Å². The van der Waals surface area contributed by atoms with Crippen molar-refractivity contribution in [3.05, 3.63) is 34.7 Å².